The second-order valence-corrected chi connectivity index (χ2v) is 4.61. The van der Waals surface area contributed by atoms with Crippen LogP contribution in [0.3, 0.4) is 0 Å². The van der Waals surface area contributed by atoms with E-state index in [0.717, 1.165) is 28.1 Å². The van der Waals surface area contributed by atoms with E-state index >= 15 is 0 Å². The van der Waals surface area contributed by atoms with Gasteiger partial charge in [0.2, 0.25) is 13.2 Å². The van der Waals surface area contributed by atoms with E-state index in [0.29, 0.717) is 18.8 Å². The molecule has 3 aromatic rings. The highest BCUT2D eigenvalue weighted by Gasteiger charge is 2.15. The molecule has 0 saturated heterocycles. The second-order valence-electron chi connectivity index (χ2n) is 4.61. The summed E-state index contributed by atoms with van der Waals surface area (Å²) in [5.41, 5.74) is 0. The molecule has 7 heteroatoms. The van der Waals surface area contributed by atoms with Gasteiger partial charge >= 0.3 is 0 Å². The molecule has 3 heterocycles. The smallest absolute Gasteiger partial charge is 0.231 e. The lowest BCUT2D eigenvalue weighted by Gasteiger charge is -2.08. The molecule has 2 aromatic heterocycles. The Labute approximate surface area is 119 Å². The average molecular weight is 284 g/mol. The zero-order chi connectivity index (χ0) is 14.1. The molecule has 0 radical (unpaired) electrons. The first-order valence-electron chi connectivity index (χ1n) is 6.57. The van der Waals surface area contributed by atoms with Crippen LogP contribution in [0.4, 0.5) is 5.82 Å². The van der Waals surface area contributed by atoms with Crippen LogP contribution in [0.5, 0.6) is 11.5 Å². The molecule has 7 nitrogen and oxygen atoms in total. The first-order valence-corrected chi connectivity index (χ1v) is 6.57. The minimum Gasteiger partial charge on any atom is -0.454 e. The van der Waals surface area contributed by atoms with E-state index in [4.69, 9.17) is 14.0 Å². The van der Waals surface area contributed by atoms with E-state index in [1.54, 1.807) is 6.20 Å². The summed E-state index contributed by atoms with van der Waals surface area (Å²) in [6.45, 7) is 0.930. The monoisotopic (exact) mass is 284 g/mol. The van der Waals surface area contributed by atoms with Crippen molar-refractivity contribution in [1.29, 1.82) is 0 Å². The molecule has 0 unspecified atom stereocenters. The van der Waals surface area contributed by atoms with Crippen LogP contribution < -0.4 is 14.8 Å². The Kier molecular flexibility index (Phi) is 2.81. The number of benzene rings is 1. The molecule has 0 fully saturated rings. The first-order chi connectivity index (χ1) is 10.4. The Bertz CT molecular complexity index is 773. The summed E-state index contributed by atoms with van der Waals surface area (Å²) in [6.07, 6.45) is 3.76. The van der Waals surface area contributed by atoms with Gasteiger partial charge in [0.15, 0.2) is 17.3 Å². The lowest BCUT2D eigenvalue weighted by atomic mass is 10.1. The number of nitrogens with zero attached hydrogens (tertiary/aromatic N) is 3. The maximum Gasteiger partial charge on any atom is 0.231 e. The van der Waals surface area contributed by atoms with Gasteiger partial charge in [-0.25, -0.2) is 4.98 Å². The summed E-state index contributed by atoms with van der Waals surface area (Å²) < 4.78 is 15.5. The maximum atomic E-state index is 5.41. The van der Waals surface area contributed by atoms with Gasteiger partial charge in [0, 0.05) is 24.5 Å². The summed E-state index contributed by atoms with van der Waals surface area (Å²) in [7, 11) is 0. The summed E-state index contributed by atoms with van der Waals surface area (Å²) in [5, 5.41) is 9.11. The quantitative estimate of drug-likeness (QED) is 0.784. The normalized spacial score (nSPS) is 12.8. The van der Waals surface area contributed by atoms with E-state index in [1.165, 1.54) is 6.39 Å². The second kappa shape index (κ2) is 4.93. The molecular weight excluding hydrogens is 272 g/mol. The fraction of sp³-hybridized carbons (Fsp3) is 0.214. The van der Waals surface area contributed by atoms with E-state index in [-0.39, 0.29) is 6.79 Å². The number of hydrogen-bond acceptors (Lipinski definition) is 7. The van der Waals surface area contributed by atoms with Crippen molar-refractivity contribution in [2.24, 2.45) is 0 Å². The van der Waals surface area contributed by atoms with Crippen LogP contribution in [0.1, 0.15) is 5.82 Å². The van der Waals surface area contributed by atoms with E-state index < -0.39 is 0 Å². The molecule has 0 aliphatic carbocycles. The number of anilines is 1. The van der Waals surface area contributed by atoms with Gasteiger partial charge in [-0.2, -0.15) is 4.98 Å². The van der Waals surface area contributed by atoms with Crippen molar-refractivity contribution >= 4 is 16.6 Å². The predicted octanol–water partition coefficient (Wildman–Crippen LogP) is 2.00. The molecule has 0 saturated carbocycles. The molecule has 1 aromatic carbocycles. The van der Waals surface area contributed by atoms with Gasteiger partial charge in [0.05, 0.1) is 0 Å². The van der Waals surface area contributed by atoms with Gasteiger partial charge in [-0.15, -0.1) is 0 Å². The zero-order valence-corrected chi connectivity index (χ0v) is 11.1. The van der Waals surface area contributed by atoms with Crippen LogP contribution in [0, 0.1) is 0 Å². The Morgan fingerprint density at radius 3 is 2.90 bits per heavy atom. The first kappa shape index (κ1) is 12.0. The Morgan fingerprint density at radius 1 is 1.14 bits per heavy atom. The molecule has 0 amide bonds. The molecule has 1 aliphatic heterocycles. The van der Waals surface area contributed by atoms with Gasteiger partial charge in [0.1, 0.15) is 5.82 Å². The van der Waals surface area contributed by atoms with Crippen molar-refractivity contribution in [3.05, 3.63) is 36.6 Å². The Balaban J connectivity index is 1.59. The lowest BCUT2D eigenvalue weighted by molar-refractivity contribution is 0.174. The predicted molar refractivity (Wildman–Crippen MR) is 74.4 cm³/mol. The molecule has 106 valence electrons. The van der Waals surface area contributed by atoms with E-state index in [9.17, 15) is 0 Å². The number of rotatable bonds is 4. The van der Waals surface area contributed by atoms with Gasteiger partial charge in [-0.05, 0) is 23.6 Å². The topological polar surface area (TPSA) is 82.3 Å². The summed E-state index contributed by atoms with van der Waals surface area (Å²) >= 11 is 0. The largest absolute Gasteiger partial charge is 0.454 e. The molecule has 1 aliphatic rings. The Morgan fingerprint density at radius 2 is 2.05 bits per heavy atom. The molecule has 21 heavy (non-hydrogen) atoms. The van der Waals surface area contributed by atoms with Crippen molar-refractivity contribution in [2.45, 2.75) is 6.42 Å². The number of nitrogens with one attached hydrogen (secondary N) is 1. The molecule has 0 bridgehead atoms. The lowest BCUT2D eigenvalue weighted by Crippen LogP contribution is -2.07. The fourth-order valence-corrected chi connectivity index (χ4v) is 2.30. The third kappa shape index (κ3) is 2.22. The van der Waals surface area contributed by atoms with Gasteiger partial charge in [0.25, 0.3) is 0 Å². The maximum absolute atomic E-state index is 5.41. The van der Waals surface area contributed by atoms with Crippen molar-refractivity contribution < 1.29 is 14.0 Å². The highest BCUT2D eigenvalue weighted by molar-refractivity contribution is 5.94. The van der Waals surface area contributed by atoms with Crippen LogP contribution in [0.2, 0.25) is 0 Å². The fourth-order valence-electron chi connectivity index (χ4n) is 2.30. The van der Waals surface area contributed by atoms with Crippen LogP contribution >= 0.6 is 0 Å². The van der Waals surface area contributed by atoms with Crippen molar-refractivity contribution in [3.63, 3.8) is 0 Å². The van der Waals surface area contributed by atoms with Crippen molar-refractivity contribution in [3.8, 4) is 11.5 Å². The average Bonchev–Trinajstić information content (AvgIpc) is 3.16. The van der Waals surface area contributed by atoms with Crippen LogP contribution in [0.25, 0.3) is 10.8 Å². The SMILES string of the molecule is c1cc2cc3c(cc2c(NCCc2ncon2)n1)OCO3. The highest BCUT2D eigenvalue weighted by Crippen LogP contribution is 2.37. The molecule has 0 atom stereocenters. The number of fused-ring (bicyclic) bond motifs is 2. The molecule has 0 spiro atoms. The minimum absolute atomic E-state index is 0.264. The standard InChI is InChI=1S/C14H12N4O3/c1-3-15-14(16-4-2-13-17-7-21-18-13)10-6-12-11(5-9(1)10)19-8-20-12/h1,3,5-7H,2,4,8H2,(H,15,16). The highest BCUT2D eigenvalue weighted by atomic mass is 16.7. The van der Waals surface area contributed by atoms with Crippen LogP contribution in [-0.2, 0) is 6.42 Å². The van der Waals surface area contributed by atoms with Crippen molar-refractivity contribution in [1.82, 2.24) is 15.1 Å². The molecular formula is C14H12N4O3. The number of ether oxygens (including phenoxy) is 2. The van der Waals surface area contributed by atoms with E-state index in [2.05, 4.69) is 20.4 Å². The van der Waals surface area contributed by atoms with Gasteiger partial charge in [-0.1, -0.05) is 5.16 Å². The third-order valence-electron chi connectivity index (χ3n) is 3.31. The zero-order valence-electron chi connectivity index (χ0n) is 11.1. The number of aromatic nitrogens is 3. The van der Waals surface area contributed by atoms with Crippen LogP contribution in [0.15, 0.2) is 35.3 Å². The number of hydrogen-bond donors (Lipinski definition) is 1. The Hall–Kier alpha value is -2.83. The molecule has 4 rings (SSSR count). The van der Waals surface area contributed by atoms with Crippen LogP contribution in [-0.4, -0.2) is 28.5 Å². The minimum atomic E-state index is 0.264. The van der Waals surface area contributed by atoms with Crippen molar-refractivity contribution in [2.75, 3.05) is 18.7 Å². The number of pyridine rings is 1. The van der Waals surface area contributed by atoms with E-state index in [1.807, 2.05) is 18.2 Å². The third-order valence-corrected chi connectivity index (χ3v) is 3.31. The van der Waals surface area contributed by atoms with Gasteiger partial charge < -0.3 is 19.3 Å². The van der Waals surface area contributed by atoms with Gasteiger partial charge in [-0.3, -0.25) is 0 Å². The summed E-state index contributed by atoms with van der Waals surface area (Å²) in [4.78, 5) is 8.36. The summed E-state index contributed by atoms with van der Waals surface area (Å²) in [6, 6.07) is 5.85. The summed E-state index contributed by atoms with van der Waals surface area (Å²) in [5.74, 6) is 2.98. The molecule has 1 N–H and O–H groups in total.